The highest BCUT2D eigenvalue weighted by Gasteiger charge is 2.07. The van der Waals surface area contributed by atoms with E-state index in [1.807, 2.05) is 12.1 Å². The van der Waals surface area contributed by atoms with Gasteiger partial charge in [-0.15, -0.1) is 0 Å². The summed E-state index contributed by atoms with van der Waals surface area (Å²) in [6.45, 7) is 0.434. The summed E-state index contributed by atoms with van der Waals surface area (Å²) in [6, 6.07) is 8.71. The van der Waals surface area contributed by atoms with E-state index in [2.05, 4.69) is 20.3 Å². The fourth-order valence-electron chi connectivity index (χ4n) is 1.96. The van der Waals surface area contributed by atoms with Crippen LogP contribution in [-0.2, 0) is 6.54 Å². The standard InChI is InChI=1S/C14H12N4O2/c19-13(16-8-9-3-5-15-6-4-9)10-1-2-11-12(7-10)18-14(20)17-11/h1-7H,8H2,(H,16,19)(H2,17,18,20). The van der Waals surface area contributed by atoms with Crippen LogP contribution in [0.3, 0.4) is 0 Å². The third kappa shape index (κ3) is 2.44. The van der Waals surface area contributed by atoms with Crippen molar-refractivity contribution >= 4 is 16.9 Å². The molecule has 0 radical (unpaired) electrons. The fourth-order valence-corrected chi connectivity index (χ4v) is 1.96. The Morgan fingerprint density at radius 1 is 1.10 bits per heavy atom. The Morgan fingerprint density at radius 3 is 2.65 bits per heavy atom. The Hall–Kier alpha value is -2.89. The van der Waals surface area contributed by atoms with Gasteiger partial charge < -0.3 is 15.3 Å². The summed E-state index contributed by atoms with van der Waals surface area (Å²) in [4.78, 5) is 32.4. The molecule has 0 aliphatic heterocycles. The maximum atomic E-state index is 12.0. The molecule has 0 aliphatic rings. The number of carbonyl (C=O) groups is 1. The molecule has 1 aromatic carbocycles. The Bertz CT molecular complexity index is 805. The first kappa shape index (κ1) is 12.2. The number of H-pyrrole nitrogens is 2. The van der Waals surface area contributed by atoms with E-state index in [1.54, 1.807) is 30.6 Å². The van der Waals surface area contributed by atoms with Crippen molar-refractivity contribution in [2.45, 2.75) is 6.54 Å². The molecule has 2 heterocycles. The highest BCUT2D eigenvalue weighted by Crippen LogP contribution is 2.10. The zero-order valence-corrected chi connectivity index (χ0v) is 10.5. The third-order valence-electron chi connectivity index (χ3n) is 2.98. The highest BCUT2D eigenvalue weighted by atomic mass is 16.2. The van der Waals surface area contributed by atoms with Gasteiger partial charge in [-0.05, 0) is 35.9 Å². The van der Waals surface area contributed by atoms with Crippen LogP contribution in [0.1, 0.15) is 15.9 Å². The van der Waals surface area contributed by atoms with E-state index in [1.165, 1.54) is 0 Å². The van der Waals surface area contributed by atoms with E-state index in [-0.39, 0.29) is 11.6 Å². The van der Waals surface area contributed by atoms with Crippen molar-refractivity contribution in [3.63, 3.8) is 0 Å². The van der Waals surface area contributed by atoms with Crippen LogP contribution in [0.2, 0.25) is 0 Å². The zero-order valence-electron chi connectivity index (χ0n) is 10.5. The predicted molar refractivity (Wildman–Crippen MR) is 74.3 cm³/mol. The number of aromatic amines is 2. The molecule has 0 atom stereocenters. The van der Waals surface area contributed by atoms with Gasteiger partial charge in [0.25, 0.3) is 5.91 Å². The smallest absolute Gasteiger partial charge is 0.323 e. The summed E-state index contributed by atoms with van der Waals surface area (Å²) in [7, 11) is 0. The molecule has 0 saturated heterocycles. The van der Waals surface area contributed by atoms with Gasteiger partial charge in [0, 0.05) is 24.5 Å². The number of fused-ring (bicyclic) bond motifs is 1. The molecule has 3 rings (SSSR count). The van der Waals surface area contributed by atoms with Crippen molar-refractivity contribution in [3.05, 3.63) is 64.3 Å². The molecule has 2 aromatic heterocycles. The van der Waals surface area contributed by atoms with E-state index in [0.717, 1.165) is 5.56 Å². The molecule has 0 unspecified atom stereocenters. The second-order valence-electron chi connectivity index (χ2n) is 4.38. The maximum absolute atomic E-state index is 12.0. The molecule has 20 heavy (non-hydrogen) atoms. The number of imidazole rings is 1. The molecular weight excluding hydrogens is 256 g/mol. The molecule has 100 valence electrons. The lowest BCUT2D eigenvalue weighted by Crippen LogP contribution is -2.22. The lowest BCUT2D eigenvalue weighted by molar-refractivity contribution is 0.0951. The van der Waals surface area contributed by atoms with Gasteiger partial charge in [0.2, 0.25) is 0 Å². The summed E-state index contributed by atoms with van der Waals surface area (Å²) in [5.74, 6) is -0.189. The Kier molecular flexibility index (Phi) is 3.04. The van der Waals surface area contributed by atoms with E-state index >= 15 is 0 Å². The van der Waals surface area contributed by atoms with Gasteiger partial charge in [-0.2, -0.15) is 0 Å². The van der Waals surface area contributed by atoms with Gasteiger partial charge >= 0.3 is 5.69 Å². The number of pyridine rings is 1. The molecule has 3 aromatic rings. The van der Waals surface area contributed by atoms with Crippen LogP contribution in [0.25, 0.3) is 11.0 Å². The maximum Gasteiger partial charge on any atom is 0.323 e. The van der Waals surface area contributed by atoms with Gasteiger partial charge in [0.15, 0.2) is 0 Å². The average molecular weight is 268 g/mol. The number of nitrogens with one attached hydrogen (secondary N) is 3. The monoisotopic (exact) mass is 268 g/mol. The van der Waals surface area contributed by atoms with E-state index in [0.29, 0.717) is 23.1 Å². The summed E-state index contributed by atoms with van der Waals surface area (Å²) < 4.78 is 0. The Balaban J connectivity index is 1.76. The lowest BCUT2D eigenvalue weighted by atomic mass is 10.2. The topological polar surface area (TPSA) is 90.6 Å². The predicted octanol–water partition coefficient (Wildman–Crippen LogP) is 1.18. The van der Waals surface area contributed by atoms with Crippen LogP contribution in [0.4, 0.5) is 0 Å². The molecule has 0 aliphatic carbocycles. The number of hydrogen-bond acceptors (Lipinski definition) is 3. The van der Waals surface area contributed by atoms with Gasteiger partial charge in [-0.3, -0.25) is 9.78 Å². The van der Waals surface area contributed by atoms with Crippen LogP contribution in [-0.4, -0.2) is 20.9 Å². The molecule has 1 amide bonds. The first-order valence-corrected chi connectivity index (χ1v) is 6.11. The zero-order chi connectivity index (χ0) is 13.9. The van der Waals surface area contributed by atoms with Crippen molar-refractivity contribution in [3.8, 4) is 0 Å². The summed E-state index contributed by atoms with van der Waals surface area (Å²) in [5.41, 5.74) is 2.49. The van der Waals surface area contributed by atoms with Crippen LogP contribution in [0.5, 0.6) is 0 Å². The van der Waals surface area contributed by atoms with Gasteiger partial charge in [-0.1, -0.05) is 0 Å². The van der Waals surface area contributed by atoms with Crippen molar-refractivity contribution in [2.75, 3.05) is 0 Å². The van der Waals surface area contributed by atoms with Gasteiger partial charge in [0.05, 0.1) is 11.0 Å². The number of hydrogen-bond donors (Lipinski definition) is 3. The SMILES string of the molecule is O=C(NCc1ccncc1)c1ccc2[nH]c(=O)[nH]c2c1. The average Bonchev–Trinajstić information content (AvgIpc) is 2.85. The number of nitrogens with zero attached hydrogens (tertiary/aromatic N) is 1. The van der Waals surface area contributed by atoms with Crippen LogP contribution in [0.15, 0.2) is 47.5 Å². The van der Waals surface area contributed by atoms with Crippen LogP contribution < -0.4 is 11.0 Å². The minimum Gasteiger partial charge on any atom is -0.348 e. The molecule has 0 saturated carbocycles. The number of carbonyl (C=O) groups excluding carboxylic acids is 1. The first-order chi connectivity index (χ1) is 9.72. The number of aromatic nitrogens is 3. The minimum absolute atomic E-state index is 0.189. The molecule has 6 heteroatoms. The Morgan fingerprint density at radius 2 is 1.85 bits per heavy atom. The number of amides is 1. The first-order valence-electron chi connectivity index (χ1n) is 6.11. The molecule has 0 fully saturated rings. The quantitative estimate of drug-likeness (QED) is 0.666. The summed E-state index contributed by atoms with van der Waals surface area (Å²) in [5, 5.41) is 2.82. The van der Waals surface area contributed by atoms with Crippen LogP contribution >= 0.6 is 0 Å². The largest absolute Gasteiger partial charge is 0.348 e. The normalized spacial score (nSPS) is 10.6. The minimum atomic E-state index is -0.283. The second kappa shape index (κ2) is 5.00. The second-order valence-corrected chi connectivity index (χ2v) is 4.38. The summed E-state index contributed by atoms with van der Waals surface area (Å²) in [6.07, 6.45) is 3.36. The van der Waals surface area contributed by atoms with E-state index in [9.17, 15) is 9.59 Å². The van der Waals surface area contributed by atoms with Crippen molar-refractivity contribution in [1.82, 2.24) is 20.3 Å². The highest BCUT2D eigenvalue weighted by molar-refractivity contribution is 5.97. The van der Waals surface area contributed by atoms with Gasteiger partial charge in [-0.25, -0.2) is 4.79 Å². The van der Waals surface area contributed by atoms with Gasteiger partial charge in [0.1, 0.15) is 0 Å². The molecule has 6 nitrogen and oxygen atoms in total. The molecule has 0 spiro atoms. The molecular formula is C14H12N4O2. The molecule has 0 bridgehead atoms. The van der Waals surface area contributed by atoms with Crippen molar-refractivity contribution < 1.29 is 4.79 Å². The summed E-state index contributed by atoms with van der Waals surface area (Å²) >= 11 is 0. The Labute approximate surface area is 113 Å². The van der Waals surface area contributed by atoms with Crippen molar-refractivity contribution in [1.29, 1.82) is 0 Å². The lowest BCUT2D eigenvalue weighted by Gasteiger charge is -2.05. The van der Waals surface area contributed by atoms with E-state index < -0.39 is 0 Å². The van der Waals surface area contributed by atoms with E-state index in [4.69, 9.17) is 0 Å². The molecule has 3 N–H and O–H groups in total. The number of benzene rings is 1. The number of rotatable bonds is 3. The van der Waals surface area contributed by atoms with Crippen LogP contribution in [0, 0.1) is 0 Å². The third-order valence-corrected chi connectivity index (χ3v) is 2.98. The fraction of sp³-hybridized carbons (Fsp3) is 0.0714. The van der Waals surface area contributed by atoms with Crippen molar-refractivity contribution in [2.24, 2.45) is 0 Å².